The summed E-state index contributed by atoms with van der Waals surface area (Å²) in [6.45, 7) is 6.56. The zero-order chi connectivity index (χ0) is 17.3. The van der Waals surface area contributed by atoms with Gasteiger partial charge in [-0.3, -0.25) is 4.79 Å². The minimum Gasteiger partial charge on any atom is -0.273 e. The van der Waals surface area contributed by atoms with E-state index in [4.69, 9.17) is 0 Å². The number of hydrazone groups is 1. The number of thiophene rings is 1. The highest BCUT2D eigenvalue weighted by atomic mass is 32.1. The topological polar surface area (TPSA) is 41.5 Å². The molecule has 1 fully saturated rings. The Bertz CT molecular complexity index is 758. The van der Waals surface area contributed by atoms with Crippen LogP contribution in [0.4, 0.5) is 4.39 Å². The van der Waals surface area contributed by atoms with Crippen molar-refractivity contribution < 1.29 is 9.18 Å². The van der Waals surface area contributed by atoms with Gasteiger partial charge in [0.05, 0.1) is 11.1 Å². The van der Waals surface area contributed by atoms with Crippen LogP contribution in [-0.2, 0) is 10.2 Å². The number of nitrogens with zero attached hydrogens (tertiary/aromatic N) is 1. The molecular formula is C19H21FN2OS. The van der Waals surface area contributed by atoms with Gasteiger partial charge in [0.2, 0.25) is 5.91 Å². The van der Waals surface area contributed by atoms with Crippen molar-refractivity contribution in [2.75, 3.05) is 0 Å². The second-order valence-electron chi connectivity index (χ2n) is 7.20. The zero-order valence-corrected chi connectivity index (χ0v) is 14.9. The molecule has 3 rings (SSSR count). The van der Waals surface area contributed by atoms with Gasteiger partial charge in [0.25, 0.3) is 0 Å². The van der Waals surface area contributed by atoms with Crippen molar-refractivity contribution in [3.63, 3.8) is 0 Å². The highest BCUT2D eigenvalue weighted by molar-refractivity contribution is 7.12. The summed E-state index contributed by atoms with van der Waals surface area (Å²) in [7, 11) is 0. The monoisotopic (exact) mass is 344 g/mol. The minimum atomic E-state index is -0.260. The van der Waals surface area contributed by atoms with Crippen molar-refractivity contribution in [1.29, 1.82) is 0 Å². The summed E-state index contributed by atoms with van der Waals surface area (Å²) in [6, 6.07) is 11.5. The second-order valence-corrected chi connectivity index (χ2v) is 8.26. The quantitative estimate of drug-likeness (QED) is 0.646. The van der Waals surface area contributed by atoms with Crippen molar-refractivity contribution in [2.24, 2.45) is 11.0 Å². The minimum absolute atomic E-state index is 0.0253. The third kappa shape index (κ3) is 3.90. The molecule has 1 N–H and O–H groups in total. The van der Waals surface area contributed by atoms with Crippen molar-refractivity contribution in [2.45, 2.75) is 38.5 Å². The first kappa shape index (κ1) is 16.8. The van der Waals surface area contributed by atoms with E-state index in [1.807, 2.05) is 0 Å². The van der Waals surface area contributed by atoms with Crippen molar-refractivity contribution >= 4 is 23.5 Å². The Morgan fingerprint density at radius 1 is 1.25 bits per heavy atom. The molecule has 5 heteroatoms. The van der Waals surface area contributed by atoms with Gasteiger partial charge in [-0.25, -0.2) is 5.43 Å². The summed E-state index contributed by atoms with van der Waals surface area (Å²) in [5, 5.41) is 3.65. The number of nitrogens with one attached hydrogen (secondary N) is 1. The molecule has 2 aromatic rings. The fourth-order valence-corrected chi connectivity index (χ4v) is 3.33. The smallest absolute Gasteiger partial charge is 0.243 e. The third-order valence-corrected chi connectivity index (χ3v) is 5.10. The predicted molar refractivity (Wildman–Crippen MR) is 96.0 cm³/mol. The van der Waals surface area contributed by atoms with Gasteiger partial charge in [0, 0.05) is 5.92 Å². The van der Waals surface area contributed by atoms with E-state index < -0.39 is 0 Å². The maximum atomic E-state index is 12.9. The first-order valence-electron chi connectivity index (χ1n) is 8.03. The molecule has 1 aromatic carbocycles. The van der Waals surface area contributed by atoms with E-state index in [0.29, 0.717) is 4.88 Å². The van der Waals surface area contributed by atoms with Crippen LogP contribution in [0.5, 0.6) is 0 Å². The van der Waals surface area contributed by atoms with E-state index >= 15 is 0 Å². The molecule has 1 aromatic heterocycles. The molecule has 126 valence electrons. The SMILES string of the molecule is CC(C)(C)c1ccc([C@H]2C[C@H]2C(=O)N/N=C\c2ccc(F)s2)cc1. The van der Waals surface area contributed by atoms with Crippen LogP contribution in [0.2, 0.25) is 0 Å². The van der Waals surface area contributed by atoms with Gasteiger partial charge in [-0.05, 0) is 41.0 Å². The van der Waals surface area contributed by atoms with E-state index in [2.05, 4.69) is 55.6 Å². The summed E-state index contributed by atoms with van der Waals surface area (Å²) >= 11 is 0.997. The lowest BCUT2D eigenvalue weighted by Gasteiger charge is -2.19. The first-order chi connectivity index (χ1) is 11.3. The fourth-order valence-electron chi connectivity index (χ4n) is 2.72. The Morgan fingerprint density at radius 2 is 1.96 bits per heavy atom. The molecule has 2 atom stereocenters. The molecule has 1 saturated carbocycles. The number of amides is 1. The highest BCUT2D eigenvalue weighted by Crippen LogP contribution is 2.47. The Balaban J connectivity index is 1.54. The van der Waals surface area contributed by atoms with Crippen molar-refractivity contribution in [3.05, 3.63) is 57.5 Å². The molecule has 1 amide bonds. The average molecular weight is 344 g/mol. The number of benzene rings is 1. The molecule has 1 aliphatic rings. The second kappa shape index (κ2) is 6.48. The number of hydrogen-bond donors (Lipinski definition) is 1. The standard InChI is InChI=1S/C19H21FN2OS/c1-19(2,3)13-6-4-12(5-7-13)15-10-16(15)18(23)22-21-11-14-8-9-17(20)24-14/h4-9,11,15-16H,10H2,1-3H3,(H,22,23)/b21-11-/t15-,16-/m1/s1. The Labute approximate surface area is 145 Å². The molecule has 3 nitrogen and oxygen atoms in total. The number of hydrogen-bond acceptors (Lipinski definition) is 3. The number of carbonyl (C=O) groups is 1. The summed E-state index contributed by atoms with van der Waals surface area (Å²) in [5.41, 5.74) is 5.18. The van der Waals surface area contributed by atoms with Gasteiger partial charge in [0.15, 0.2) is 5.13 Å². The third-order valence-electron chi connectivity index (χ3n) is 4.29. The summed E-state index contributed by atoms with van der Waals surface area (Å²) in [6.07, 6.45) is 2.32. The normalized spacial score (nSPS) is 20.3. The van der Waals surface area contributed by atoms with E-state index in [9.17, 15) is 9.18 Å². The fraction of sp³-hybridized carbons (Fsp3) is 0.368. The van der Waals surface area contributed by atoms with Crippen LogP contribution in [0.3, 0.4) is 0 Å². The molecule has 0 bridgehead atoms. The molecule has 1 aliphatic carbocycles. The van der Waals surface area contributed by atoms with Crippen LogP contribution in [0.25, 0.3) is 0 Å². The number of rotatable bonds is 4. The van der Waals surface area contributed by atoms with Gasteiger partial charge in [-0.15, -0.1) is 11.3 Å². The maximum Gasteiger partial charge on any atom is 0.243 e. The average Bonchev–Trinajstić information content (AvgIpc) is 3.23. The van der Waals surface area contributed by atoms with Crippen LogP contribution >= 0.6 is 11.3 Å². The lowest BCUT2D eigenvalue weighted by Crippen LogP contribution is -2.20. The van der Waals surface area contributed by atoms with Crippen LogP contribution in [0.1, 0.15) is 49.1 Å². The largest absolute Gasteiger partial charge is 0.273 e. The molecule has 0 spiro atoms. The maximum absolute atomic E-state index is 12.9. The lowest BCUT2D eigenvalue weighted by atomic mass is 9.86. The van der Waals surface area contributed by atoms with Crippen LogP contribution in [-0.4, -0.2) is 12.1 Å². The zero-order valence-electron chi connectivity index (χ0n) is 14.0. The highest BCUT2D eigenvalue weighted by Gasteiger charge is 2.43. The number of halogens is 1. The first-order valence-corrected chi connectivity index (χ1v) is 8.85. The van der Waals surface area contributed by atoms with Crippen LogP contribution in [0, 0.1) is 11.0 Å². The van der Waals surface area contributed by atoms with Crippen molar-refractivity contribution in [1.82, 2.24) is 5.43 Å². The molecule has 1 heterocycles. The van der Waals surface area contributed by atoms with Gasteiger partial charge in [-0.1, -0.05) is 45.0 Å². The summed E-state index contributed by atoms with van der Waals surface area (Å²) < 4.78 is 12.9. The molecule has 0 unspecified atom stereocenters. The summed E-state index contributed by atoms with van der Waals surface area (Å²) in [5.74, 6) is 0.171. The van der Waals surface area contributed by atoms with Gasteiger partial charge >= 0.3 is 0 Å². The number of carbonyl (C=O) groups excluding carboxylic acids is 1. The van der Waals surface area contributed by atoms with Crippen LogP contribution in [0.15, 0.2) is 41.5 Å². The van der Waals surface area contributed by atoms with Gasteiger partial charge in [0.1, 0.15) is 0 Å². The van der Waals surface area contributed by atoms with Crippen molar-refractivity contribution in [3.8, 4) is 0 Å². The van der Waals surface area contributed by atoms with E-state index in [0.717, 1.165) is 17.8 Å². The molecule has 0 saturated heterocycles. The van der Waals surface area contributed by atoms with Gasteiger partial charge < -0.3 is 0 Å². The molecule has 24 heavy (non-hydrogen) atoms. The molecule has 0 radical (unpaired) electrons. The van der Waals surface area contributed by atoms with E-state index in [1.54, 1.807) is 6.07 Å². The van der Waals surface area contributed by atoms with E-state index in [-0.39, 0.29) is 28.3 Å². The lowest BCUT2D eigenvalue weighted by molar-refractivity contribution is -0.122. The Morgan fingerprint density at radius 3 is 2.54 bits per heavy atom. The van der Waals surface area contributed by atoms with E-state index in [1.165, 1.54) is 23.4 Å². The summed E-state index contributed by atoms with van der Waals surface area (Å²) in [4.78, 5) is 12.8. The van der Waals surface area contributed by atoms with Crippen LogP contribution < -0.4 is 5.43 Å². The predicted octanol–water partition coefficient (Wildman–Crippen LogP) is 4.44. The molecule has 0 aliphatic heterocycles. The Hall–Kier alpha value is -2.01. The molecular weight excluding hydrogens is 323 g/mol. The Kier molecular flexibility index (Phi) is 4.54. The van der Waals surface area contributed by atoms with Gasteiger partial charge in [-0.2, -0.15) is 9.49 Å².